The second-order valence-corrected chi connectivity index (χ2v) is 6.69. The Balaban J connectivity index is 4.44. The molecular formula is C12H19BrO6. The van der Waals surface area contributed by atoms with Crippen LogP contribution in [0.3, 0.4) is 0 Å². The first kappa shape index (κ1) is 18.0. The molecule has 0 aromatic rings. The molecule has 19 heavy (non-hydrogen) atoms. The molecule has 7 heteroatoms. The van der Waals surface area contributed by atoms with Gasteiger partial charge >= 0.3 is 5.97 Å². The number of carbonyl (C=O) groups excluding carboxylic acids is 3. The van der Waals surface area contributed by atoms with E-state index in [9.17, 15) is 14.4 Å². The number of hydrogen-bond acceptors (Lipinski definition) is 6. The van der Waals surface area contributed by atoms with Crippen LogP contribution in [0.5, 0.6) is 0 Å². The normalized spacial score (nSPS) is 14.3. The Hall–Kier alpha value is -0.950. The van der Waals surface area contributed by atoms with Crippen molar-refractivity contribution in [2.24, 2.45) is 0 Å². The molecule has 0 rings (SSSR count). The molecular weight excluding hydrogens is 320 g/mol. The number of esters is 1. The number of carbonyl (C=O) groups is 3. The van der Waals surface area contributed by atoms with Gasteiger partial charge in [-0.05, 0) is 20.8 Å². The van der Waals surface area contributed by atoms with Crippen LogP contribution in [0, 0.1) is 0 Å². The van der Waals surface area contributed by atoms with Crippen LogP contribution in [0.25, 0.3) is 0 Å². The van der Waals surface area contributed by atoms with Crippen molar-refractivity contribution in [3.05, 3.63) is 0 Å². The first-order valence-corrected chi connectivity index (χ1v) is 6.53. The summed E-state index contributed by atoms with van der Waals surface area (Å²) in [5, 5.41) is 0. The highest BCUT2D eigenvalue weighted by Crippen LogP contribution is 2.20. The Morgan fingerprint density at radius 3 is 2.32 bits per heavy atom. The van der Waals surface area contributed by atoms with Gasteiger partial charge in [0, 0.05) is 6.42 Å². The number of ether oxygens (including phenoxy) is 3. The molecule has 0 aliphatic rings. The molecule has 1 atom stereocenters. The second-order valence-electron chi connectivity index (χ2n) is 4.71. The maximum Gasteiger partial charge on any atom is 0.322 e. The van der Waals surface area contributed by atoms with Gasteiger partial charge in [-0.2, -0.15) is 0 Å². The van der Waals surface area contributed by atoms with E-state index in [0.717, 1.165) is 0 Å². The van der Waals surface area contributed by atoms with Gasteiger partial charge in [0.1, 0.15) is 29.4 Å². The van der Waals surface area contributed by atoms with Crippen LogP contribution in [0.2, 0.25) is 0 Å². The maximum absolute atomic E-state index is 11.6. The van der Waals surface area contributed by atoms with Crippen molar-refractivity contribution >= 4 is 34.7 Å². The minimum atomic E-state index is -0.974. The predicted octanol–water partition coefficient (Wildman–Crippen LogP) is 1.24. The number of rotatable bonds is 10. The average Bonchev–Trinajstić information content (AvgIpc) is 2.33. The van der Waals surface area contributed by atoms with Gasteiger partial charge in [0.25, 0.3) is 6.47 Å². The van der Waals surface area contributed by atoms with Crippen molar-refractivity contribution in [3.63, 3.8) is 0 Å². The Morgan fingerprint density at radius 1 is 1.21 bits per heavy atom. The van der Waals surface area contributed by atoms with Crippen molar-refractivity contribution in [3.8, 4) is 0 Å². The SMILES string of the molecule is CC(COC=O)(COC(=O)C(C)(C)Br)OCCC=O. The number of aldehydes is 1. The number of halogens is 1. The molecule has 0 bridgehead atoms. The van der Waals surface area contributed by atoms with Crippen molar-refractivity contribution in [2.45, 2.75) is 37.1 Å². The van der Waals surface area contributed by atoms with Gasteiger partial charge in [-0.3, -0.25) is 9.59 Å². The summed E-state index contributed by atoms with van der Waals surface area (Å²) in [6.07, 6.45) is 0.934. The molecule has 0 fully saturated rings. The molecule has 0 aliphatic heterocycles. The molecule has 110 valence electrons. The molecule has 0 aromatic carbocycles. The summed E-state index contributed by atoms with van der Waals surface area (Å²) in [6, 6.07) is 0. The zero-order valence-electron chi connectivity index (χ0n) is 11.3. The van der Waals surface area contributed by atoms with Crippen molar-refractivity contribution in [1.29, 1.82) is 0 Å². The van der Waals surface area contributed by atoms with Crippen LogP contribution in [0.15, 0.2) is 0 Å². The van der Waals surface area contributed by atoms with E-state index >= 15 is 0 Å². The third kappa shape index (κ3) is 7.94. The first-order valence-electron chi connectivity index (χ1n) is 5.74. The quantitative estimate of drug-likeness (QED) is 0.258. The van der Waals surface area contributed by atoms with Gasteiger partial charge in [-0.25, -0.2) is 0 Å². The Bertz CT molecular complexity index is 312. The fraction of sp³-hybridized carbons (Fsp3) is 0.750. The van der Waals surface area contributed by atoms with Crippen LogP contribution in [0.1, 0.15) is 27.2 Å². The summed E-state index contributed by atoms with van der Waals surface area (Å²) >= 11 is 3.18. The van der Waals surface area contributed by atoms with Crippen LogP contribution in [-0.2, 0) is 28.6 Å². The molecule has 0 N–H and O–H groups in total. The van der Waals surface area contributed by atoms with E-state index in [-0.39, 0.29) is 32.7 Å². The smallest absolute Gasteiger partial charge is 0.322 e. The monoisotopic (exact) mass is 338 g/mol. The minimum absolute atomic E-state index is 0.0641. The summed E-state index contributed by atoms with van der Waals surface area (Å²) < 4.78 is 14.4. The van der Waals surface area contributed by atoms with Crippen molar-refractivity contribution in [2.75, 3.05) is 19.8 Å². The summed E-state index contributed by atoms with van der Waals surface area (Å²) in [5.74, 6) is -0.455. The lowest BCUT2D eigenvalue weighted by Gasteiger charge is -2.29. The molecule has 0 aliphatic carbocycles. The second kappa shape index (κ2) is 8.27. The van der Waals surface area contributed by atoms with E-state index in [1.807, 2.05) is 0 Å². The third-order valence-electron chi connectivity index (χ3n) is 2.14. The standard InChI is InChI=1S/C12H19BrO6/c1-11(2,13)10(16)18-8-12(3,7-17-9-15)19-6-4-5-14/h5,9H,4,6-8H2,1-3H3. The Kier molecular flexibility index (Phi) is 7.85. The fourth-order valence-electron chi connectivity index (χ4n) is 1.08. The van der Waals surface area contributed by atoms with E-state index in [0.29, 0.717) is 6.29 Å². The summed E-state index contributed by atoms with van der Waals surface area (Å²) in [5.41, 5.74) is -0.974. The van der Waals surface area contributed by atoms with Crippen molar-refractivity contribution in [1.82, 2.24) is 0 Å². The van der Waals surface area contributed by atoms with Crippen LogP contribution in [0.4, 0.5) is 0 Å². The largest absolute Gasteiger partial charge is 0.465 e. The molecule has 0 amide bonds. The van der Waals surface area contributed by atoms with E-state index in [1.165, 1.54) is 0 Å². The lowest BCUT2D eigenvalue weighted by atomic mass is 10.1. The lowest BCUT2D eigenvalue weighted by molar-refractivity contribution is -0.165. The van der Waals surface area contributed by atoms with E-state index < -0.39 is 15.9 Å². The van der Waals surface area contributed by atoms with Gasteiger partial charge in [0.2, 0.25) is 0 Å². The van der Waals surface area contributed by atoms with E-state index in [4.69, 9.17) is 9.47 Å². The molecule has 6 nitrogen and oxygen atoms in total. The highest BCUT2D eigenvalue weighted by molar-refractivity contribution is 9.10. The van der Waals surface area contributed by atoms with Gasteiger partial charge in [-0.15, -0.1) is 0 Å². The topological polar surface area (TPSA) is 78.9 Å². The van der Waals surface area contributed by atoms with Crippen LogP contribution < -0.4 is 0 Å². The Labute approximate surface area is 120 Å². The molecule has 0 heterocycles. The number of alkyl halides is 1. The van der Waals surface area contributed by atoms with Gasteiger partial charge < -0.3 is 19.0 Å². The van der Waals surface area contributed by atoms with Gasteiger partial charge in [0.05, 0.1) is 6.61 Å². The zero-order valence-corrected chi connectivity index (χ0v) is 12.9. The van der Waals surface area contributed by atoms with Crippen molar-refractivity contribution < 1.29 is 28.6 Å². The summed E-state index contributed by atoms with van der Waals surface area (Å²) in [6.45, 7) is 5.26. The lowest BCUT2D eigenvalue weighted by Crippen LogP contribution is -2.42. The summed E-state index contributed by atoms with van der Waals surface area (Å²) in [7, 11) is 0. The average molecular weight is 339 g/mol. The third-order valence-corrected chi connectivity index (χ3v) is 2.46. The van der Waals surface area contributed by atoms with Gasteiger partial charge in [0.15, 0.2) is 0 Å². The highest BCUT2D eigenvalue weighted by Gasteiger charge is 2.32. The molecule has 0 saturated carbocycles. The fourth-order valence-corrected chi connectivity index (χ4v) is 1.19. The molecule has 0 aromatic heterocycles. The first-order chi connectivity index (χ1) is 8.75. The van der Waals surface area contributed by atoms with Gasteiger partial charge in [-0.1, -0.05) is 15.9 Å². The summed E-state index contributed by atoms with van der Waals surface area (Å²) in [4.78, 5) is 32.1. The van der Waals surface area contributed by atoms with E-state index in [1.54, 1.807) is 20.8 Å². The Morgan fingerprint density at radius 2 is 1.84 bits per heavy atom. The zero-order chi connectivity index (χ0) is 14.9. The predicted molar refractivity (Wildman–Crippen MR) is 71.0 cm³/mol. The number of hydrogen-bond donors (Lipinski definition) is 0. The molecule has 0 spiro atoms. The molecule has 0 radical (unpaired) electrons. The maximum atomic E-state index is 11.6. The minimum Gasteiger partial charge on any atom is -0.465 e. The van der Waals surface area contributed by atoms with E-state index in [2.05, 4.69) is 20.7 Å². The van der Waals surface area contributed by atoms with Crippen LogP contribution >= 0.6 is 15.9 Å². The molecule has 0 saturated heterocycles. The highest BCUT2D eigenvalue weighted by atomic mass is 79.9. The molecule has 1 unspecified atom stereocenters. The van der Waals surface area contributed by atoms with Crippen LogP contribution in [-0.4, -0.2) is 48.5 Å².